The number of carbonyl (C=O) groups excluding carboxylic acids is 1. The lowest BCUT2D eigenvalue weighted by Crippen LogP contribution is -2.04. The summed E-state index contributed by atoms with van der Waals surface area (Å²) in [5.41, 5.74) is 0.945. The summed E-state index contributed by atoms with van der Waals surface area (Å²) in [6, 6.07) is 10.2. The summed E-state index contributed by atoms with van der Waals surface area (Å²) in [4.78, 5) is 16.2. The number of benzene rings is 1. The Hall–Kier alpha value is -1.87. The average Bonchev–Trinajstić information content (AvgIpc) is 2.38. The molecule has 1 aromatic carbocycles. The molecule has 2 rings (SSSR count). The van der Waals surface area contributed by atoms with Crippen molar-refractivity contribution in [3.8, 4) is 5.88 Å². The van der Waals surface area contributed by atoms with E-state index in [1.165, 1.54) is 7.11 Å². The maximum atomic E-state index is 12.2. The second-order valence-corrected chi connectivity index (χ2v) is 3.84. The number of methoxy groups -OCH3 is 1. The molecule has 0 spiro atoms. The quantitative estimate of drug-likeness (QED) is 0.783. The SMILES string of the molecule is COc1ncccc1C(=O)c1cccc(Cl)c1. The normalized spacial score (nSPS) is 10.0. The van der Waals surface area contributed by atoms with Crippen molar-refractivity contribution >= 4 is 17.4 Å². The third-order valence-electron chi connectivity index (χ3n) is 2.30. The number of halogens is 1. The van der Waals surface area contributed by atoms with Crippen LogP contribution in [0.1, 0.15) is 15.9 Å². The first kappa shape index (κ1) is 11.6. The maximum Gasteiger partial charge on any atom is 0.224 e. The van der Waals surface area contributed by atoms with Crippen molar-refractivity contribution < 1.29 is 9.53 Å². The number of carbonyl (C=O) groups is 1. The average molecular weight is 248 g/mol. The molecule has 0 atom stereocenters. The Morgan fingerprint density at radius 2 is 2.12 bits per heavy atom. The van der Waals surface area contributed by atoms with Gasteiger partial charge in [0, 0.05) is 16.8 Å². The fourth-order valence-electron chi connectivity index (χ4n) is 1.51. The van der Waals surface area contributed by atoms with Crippen molar-refractivity contribution in [3.05, 3.63) is 58.7 Å². The van der Waals surface area contributed by atoms with Gasteiger partial charge in [0.25, 0.3) is 0 Å². The number of nitrogens with zero attached hydrogens (tertiary/aromatic N) is 1. The molecule has 0 bridgehead atoms. The van der Waals surface area contributed by atoms with Crippen LogP contribution in [0.25, 0.3) is 0 Å². The lowest BCUT2D eigenvalue weighted by atomic mass is 10.0. The number of aromatic nitrogens is 1. The minimum atomic E-state index is -0.155. The van der Waals surface area contributed by atoms with Gasteiger partial charge in [-0.25, -0.2) is 4.98 Å². The molecule has 0 amide bonds. The van der Waals surface area contributed by atoms with Crippen LogP contribution in [0.5, 0.6) is 5.88 Å². The second kappa shape index (κ2) is 4.97. The van der Waals surface area contributed by atoms with Crippen LogP contribution in [0.15, 0.2) is 42.6 Å². The molecule has 0 fully saturated rings. The Bertz CT molecular complexity index is 555. The highest BCUT2D eigenvalue weighted by molar-refractivity contribution is 6.31. The monoisotopic (exact) mass is 247 g/mol. The van der Waals surface area contributed by atoms with Crippen molar-refractivity contribution in [2.24, 2.45) is 0 Å². The number of hydrogen-bond acceptors (Lipinski definition) is 3. The predicted octanol–water partition coefficient (Wildman–Crippen LogP) is 2.97. The smallest absolute Gasteiger partial charge is 0.224 e. The van der Waals surface area contributed by atoms with E-state index in [0.717, 1.165) is 0 Å². The first-order valence-corrected chi connectivity index (χ1v) is 5.39. The Kier molecular flexibility index (Phi) is 3.40. The summed E-state index contributed by atoms with van der Waals surface area (Å²) in [7, 11) is 1.48. The first-order chi connectivity index (χ1) is 8.22. The van der Waals surface area contributed by atoms with Crippen LogP contribution in [0.2, 0.25) is 5.02 Å². The van der Waals surface area contributed by atoms with Gasteiger partial charge in [-0.3, -0.25) is 4.79 Å². The van der Waals surface area contributed by atoms with E-state index in [0.29, 0.717) is 22.0 Å². The highest BCUT2D eigenvalue weighted by Gasteiger charge is 2.14. The van der Waals surface area contributed by atoms with Gasteiger partial charge in [-0.2, -0.15) is 0 Å². The van der Waals surface area contributed by atoms with Crippen molar-refractivity contribution in [1.29, 1.82) is 0 Å². The molecule has 0 unspecified atom stereocenters. The topological polar surface area (TPSA) is 39.2 Å². The van der Waals surface area contributed by atoms with Crippen LogP contribution >= 0.6 is 11.6 Å². The molecule has 0 saturated carbocycles. The fourth-order valence-corrected chi connectivity index (χ4v) is 1.70. The van der Waals surface area contributed by atoms with E-state index in [1.54, 1.807) is 42.6 Å². The third-order valence-corrected chi connectivity index (χ3v) is 2.53. The Morgan fingerprint density at radius 1 is 1.29 bits per heavy atom. The van der Waals surface area contributed by atoms with Gasteiger partial charge in [-0.05, 0) is 24.3 Å². The van der Waals surface area contributed by atoms with Crippen LogP contribution in [0.4, 0.5) is 0 Å². The Morgan fingerprint density at radius 3 is 2.82 bits per heavy atom. The van der Waals surface area contributed by atoms with E-state index in [4.69, 9.17) is 16.3 Å². The molecular formula is C13H10ClNO2. The predicted molar refractivity (Wildman–Crippen MR) is 65.7 cm³/mol. The van der Waals surface area contributed by atoms with Crippen molar-refractivity contribution in [3.63, 3.8) is 0 Å². The molecule has 0 radical (unpaired) electrons. The van der Waals surface area contributed by atoms with Crippen molar-refractivity contribution in [2.45, 2.75) is 0 Å². The number of ketones is 1. The van der Waals surface area contributed by atoms with E-state index in [1.807, 2.05) is 0 Å². The molecule has 0 N–H and O–H groups in total. The van der Waals surface area contributed by atoms with Crippen LogP contribution in [-0.4, -0.2) is 17.9 Å². The molecule has 4 heteroatoms. The molecular weight excluding hydrogens is 238 g/mol. The van der Waals surface area contributed by atoms with Gasteiger partial charge in [0.2, 0.25) is 5.88 Å². The number of rotatable bonds is 3. The minimum Gasteiger partial charge on any atom is -0.480 e. The van der Waals surface area contributed by atoms with Crippen LogP contribution in [-0.2, 0) is 0 Å². The molecule has 0 aliphatic heterocycles. The molecule has 0 aliphatic rings. The van der Waals surface area contributed by atoms with Crippen LogP contribution < -0.4 is 4.74 Å². The fraction of sp³-hybridized carbons (Fsp3) is 0.0769. The van der Waals surface area contributed by atoms with E-state index >= 15 is 0 Å². The molecule has 2 aromatic rings. The van der Waals surface area contributed by atoms with E-state index in [2.05, 4.69) is 4.98 Å². The minimum absolute atomic E-state index is 0.155. The zero-order valence-electron chi connectivity index (χ0n) is 9.18. The summed E-state index contributed by atoms with van der Waals surface area (Å²) in [5, 5.41) is 0.527. The zero-order chi connectivity index (χ0) is 12.3. The Labute approximate surface area is 104 Å². The second-order valence-electron chi connectivity index (χ2n) is 3.40. The van der Waals surface area contributed by atoms with Gasteiger partial charge in [-0.15, -0.1) is 0 Å². The summed E-state index contributed by atoms with van der Waals surface area (Å²) in [6.07, 6.45) is 1.58. The van der Waals surface area contributed by atoms with E-state index in [-0.39, 0.29) is 5.78 Å². The van der Waals surface area contributed by atoms with Gasteiger partial charge in [0.15, 0.2) is 5.78 Å². The standard InChI is InChI=1S/C13H10ClNO2/c1-17-13-11(6-3-7-15-13)12(16)9-4-2-5-10(14)8-9/h2-8H,1H3. The molecule has 86 valence electrons. The van der Waals surface area contributed by atoms with Crippen molar-refractivity contribution in [2.75, 3.05) is 7.11 Å². The molecule has 1 aromatic heterocycles. The van der Waals surface area contributed by atoms with Crippen molar-refractivity contribution in [1.82, 2.24) is 4.98 Å². The Balaban J connectivity index is 2.44. The molecule has 0 aliphatic carbocycles. The number of ether oxygens (including phenoxy) is 1. The molecule has 0 saturated heterocycles. The van der Waals surface area contributed by atoms with Crippen LogP contribution in [0.3, 0.4) is 0 Å². The summed E-state index contributed by atoms with van der Waals surface area (Å²) in [5.74, 6) is 0.162. The molecule has 17 heavy (non-hydrogen) atoms. The summed E-state index contributed by atoms with van der Waals surface area (Å²) in [6.45, 7) is 0. The molecule has 1 heterocycles. The van der Waals surface area contributed by atoms with E-state index in [9.17, 15) is 4.79 Å². The lowest BCUT2D eigenvalue weighted by Gasteiger charge is -2.06. The molecule has 3 nitrogen and oxygen atoms in total. The lowest BCUT2D eigenvalue weighted by molar-refractivity contribution is 0.103. The highest BCUT2D eigenvalue weighted by atomic mass is 35.5. The summed E-state index contributed by atoms with van der Waals surface area (Å²) >= 11 is 5.85. The van der Waals surface area contributed by atoms with Gasteiger partial charge in [0.05, 0.1) is 12.7 Å². The van der Waals surface area contributed by atoms with Gasteiger partial charge >= 0.3 is 0 Å². The highest BCUT2D eigenvalue weighted by Crippen LogP contribution is 2.20. The van der Waals surface area contributed by atoms with Gasteiger partial charge < -0.3 is 4.74 Å². The zero-order valence-corrected chi connectivity index (χ0v) is 9.94. The maximum absolute atomic E-state index is 12.2. The van der Waals surface area contributed by atoms with E-state index < -0.39 is 0 Å². The van der Waals surface area contributed by atoms with Gasteiger partial charge in [-0.1, -0.05) is 23.7 Å². The van der Waals surface area contributed by atoms with Crippen LogP contribution in [0, 0.1) is 0 Å². The first-order valence-electron chi connectivity index (χ1n) is 5.01. The summed E-state index contributed by atoms with van der Waals surface area (Å²) < 4.78 is 5.05. The third kappa shape index (κ3) is 2.45. The number of hydrogen-bond donors (Lipinski definition) is 0. The van der Waals surface area contributed by atoms with Gasteiger partial charge in [0.1, 0.15) is 0 Å². The number of pyridine rings is 1. The largest absolute Gasteiger partial charge is 0.480 e.